The van der Waals surface area contributed by atoms with Gasteiger partial charge in [0.2, 0.25) is 0 Å². The van der Waals surface area contributed by atoms with E-state index in [1.165, 1.54) is 18.2 Å². The zero-order chi connectivity index (χ0) is 11.8. The van der Waals surface area contributed by atoms with Crippen LogP contribution in [0.1, 0.15) is 10.4 Å². The first kappa shape index (κ1) is 11.8. The average molecular weight is 216 g/mol. The Bertz CT molecular complexity index is 421. The summed E-state index contributed by atoms with van der Waals surface area (Å²) in [5.41, 5.74) is 0.729. The Hall–Kier alpha value is -2.29. The fourth-order valence-corrected chi connectivity index (χ4v) is 1.02. The molecule has 2 aromatic rings. The zero-order valence-corrected chi connectivity index (χ0v) is 8.58. The number of hydrogen-bond donors (Lipinski definition) is 2. The maximum Gasteiger partial charge on any atom is 0.150 e. The van der Waals surface area contributed by atoms with Crippen LogP contribution in [-0.4, -0.2) is 16.5 Å². The summed E-state index contributed by atoms with van der Waals surface area (Å²) in [5.74, 6) is 0.176. The van der Waals surface area contributed by atoms with Crippen molar-refractivity contribution in [2.75, 3.05) is 0 Å². The Labute approximate surface area is 93.6 Å². The van der Waals surface area contributed by atoms with Crippen molar-refractivity contribution in [1.29, 1.82) is 0 Å². The molecule has 0 spiro atoms. The fourth-order valence-electron chi connectivity index (χ4n) is 1.02. The van der Waals surface area contributed by atoms with Crippen molar-refractivity contribution in [2.24, 2.45) is 0 Å². The number of benzene rings is 2. The molecule has 0 saturated carbocycles. The maximum atomic E-state index is 10.0. The molecule has 82 valence electrons. The fraction of sp³-hybridized carbons (Fsp3) is 0. The van der Waals surface area contributed by atoms with E-state index in [-0.39, 0.29) is 11.5 Å². The summed E-state index contributed by atoms with van der Waals surface area (Å²) in [7, 11) is 0. The number of hydrogen-bond acceptors (Lipinski definition) is 3. The summed E-state index contributed by atoms with van der Waals surface area (Å²) in [6.45, 7) is 0. The number of carbonyl (C=O) groups excluding carboxylic acids is 1. The van der Waals surface area contributed by atoms with Gasteiger partial charge in [-0.1, -0.05) is 36.4 Å². The molecule has 0 fully saturated rings. The molecule has 2 N–H and O–H groups in total. The molecule has 3 heteroatoms. The lowest BCUT2D eigenvalue weighted by atomic mass is 10.2. The van der Waals surface area contributed by atoms with Gasteiger partial charge in [-0.2, -0.15) is 0 Å². The molecular formula is C13H12O3. The molecule has 0 unspecified atom stereocenters. The molecular weight excluding hydrogens is 204 g/mol. The van der Waals surface area contributed by atoms with Crippen LogP contribution >= 0.6 is 0 Å². The molecule has 0 aliphatic rings. The van der Waals surface area contributed by atoms with Crippen LogP contribution in [0.25, 0.3) is 0 Å². The van der Waals surface area contributed by atoms with E-state index in [4.69, 9.17) is 10.2 Å². The van der Waals surface area contributed by atoms with E-state index in [0.29, 0.717) is 0 Å². The average Bonchev–Trinajstić information content (AvgIpc) is 2.31. The molecule has 0 aromatic heterocycles. The van der Waals surface area contributed by atoms with Crippen molar-refractivity contribution >= 4 is 6.29 Å². The summed E-state index contributed by atoms with van der Waals surface area (Å²) in [6, 6.07) is 14.9. The normalized spacial score (nSPS) is 8.75. The lowest BCUT2D eigenvalue weighted by molar-refractivity contribution is 0.112. The lowest BCUT2D eigenvalue weighted by Crippen LogP contribution is -1.73. The van der Waals surface area contributed by atoms with Crippen molar-refractivity contribution in [3.63, 3.8) is 0 Å². The van der Waals surface area contributed by atoms with Crippen molar-refractivity contribution in [2.45, 2.75) is 0 Å². The van der Waals surface area contributed by atoms with Crippen molar-refractivity contribution < 1.29 is 15.0 Å². The van der Waals surface area contributed by atoms with Crippen LogP contribution in [-0.2, 0) is 0 Å². The number of rotatable bonds is 1. The second kappa shape index (κ2) is 6.24. The first-order valence-corrected chi connectivity index (χ1v) is 4.70. The predicted molar refractivity (Wildman–Crippen MR) is 61.6 cm³/mol. The van der Waals surface area contributed by atoms with Gasteiger partial charge in [0.05, 0.1) is 0 Å². The molecule has 3 nitrogen and oxygen atoms in total. The van der Waals surface area contributed by atoms with Crippen LogP contribution in [0.15, 0.2) is 54.6 Å². The Balaban J connectivity index is 0.000000160. The highest BCUT2D eigenvalue weighted by molar-refractivity contribution is 5.74. The van der Waals surface area contributed by atoms with E-state index in [1.807, 2.05) is 18.2 Å². The van der Waals surface area contributed by atoms with Crippen molar-refractivity contribution in [3.8, 4) is 11.5 Å². The van der Waals surface area contributed by atoms with Gasteiger partial charge >= 0.3 is 0 Å². The summed E-state index contributed by atoms with van der Waals surface area (Å²) < 4.78 is 0. The van der Waals surface area contributed by atoms with Crippen molar-refractivity contribution in [3.05, 3.63) is 60.2 Å². The minimum absolute atomic E-state index is 0.0880. The Morgan fingerprint density at radius 1 is 0.812 bits per heavy atom. The highest BCUT2D eigenvalue weighted by atomic mass is 16.3. The highest BCUT2D eigenvalue weighted by Crippen LogP contribution is 2.14. The minimum Gasteiger partial charge on any atom is -0.508 e. The van der Waals surface area contributed by atoms with E-state index in [9.17, 15) is 4.79 Å². The number of carbonyl (C=O) groups is 1. The molecule has 0 radical (unpaired) electrons. The molecule has 0 bridgehead atoms. The van der Waals surface area contributed by atoms with Gasteiger partial charge in [0, 0.05) is 11.6 Å². The molecule has 0 aliphatic heterocycles. The maximum absolute atomic E-state index is 10.0. The first-order chi connectivity index (χ1) is 7.72. The first-order valence-electron chi connectivity index (χ1n) is 4.70. The Kier molecular flexibility index (Phi) is 4.60. The molecule has 0 heterocycles. The highest BCUT2D eigenvalue weighted by Gasteiger charge is 1.85. The van der Waals surface area contributed by atoms with Gasteiger partial charge in [0.1, 0.15) is 17.8 Å². The third-order valence-electron chi connectivity index (χ3n) is 1.77. The van der Waals surface area contributed by atoms with Crippen LogP contribution in [0.5, 0.6) is 11.5 Å². The van der Waals surface area contributed by atoms with Gasteiger partial charge in [0.15, 0.2) is 0 Å². The largest absolute Gasteiger partial charge is 0.508 e. The molecule has 2 aromatic carbocycles. The molecule has 0 amide bonds. The quantitative estimate of drug-likeness (QED) is 0.720. The molecule has 16 heavy (non-hydrogen) atoms. The number of aldehydes is 1. The van der Waals surface area contributed by atoms with E-state index in [2.05, 4.69) is 0 Å². The van der Waals surface area contributed by atoms with Gasteiger partial charge in [0.25, 0.3) is 0 Å². The predicted octanol–water partition coefficient (Wildman–Crippen LogP) is 2.60. The van der Waals surface area contributed by atoms with E-state index < -0.39 is 0 Å². The SMILES string of the molecule is O=Cc1ccccc1.Oc1cccc(O)c1. The van der Waals surface area contributed by atoms with Crippen molar-refractivity contribution in [1.82, 2.24) is 0 Å². The third-order valence-corrected chi connectivity index (χ3v) is 1.77. The zero-order valence-electron chi connectivity index (χ0n) is 8.58. The number of aromatic hydroxyl groups is 2. The Morgan fingerprint density at radius 3 is 1.69 bits per heavy atom. The summed E-state index contributed by atoms with van der Waals surface area (Å²) in [6.07, 6.45) is 0.833. The van der Waals surface area contributed by atoms with Gasteiger partial charge < -0.3 is 10.2 Å². The van der Waals surface area contributed by atoms with E-state index >= 15 is 0 Å². The van der Waals surface area contributed by atoms with Crippen LogP contribution in [0.4, 0.5) is 0 Å². The van der Waals surface area contributed by atoms with Crippen LogP contribution < -0.4 is 0 Å². The summed E-state index contributed by atoms with van der Waals surface area (Å²) >= 11 is 0. The number of phenols is 2. The minimum atomic E-state index is 0.0880. The second-order valence-corrected chi connectivity index (χ2v) is 3.05. The second-order valence-electron chi connectivity index (χ2n) is 3.05. The summed E-state index contributed by atoms with van der Waals surface area (Å²) in [4.78, 5) is 10.0. The number of phenolic OH excluding ortho intramolecular Hbond substituents is 2. The summed E-state index contributed by atoms with van der Waals surface area (Å²) in [5, 5.41) is 17.3. The van der Waals surface area contributed by atoms with E-state index in [0.717, 1.165) is 11.8 Å². The van der Waals surface area contributed by atoms with Gasteiger partial charge in [-0.05, 0) is 12.1 Å². The lowest BCUT2D eigenvalue weighted by Gasteiger charge is -1.89. The van der Waals surface area contributed by atoms with Crippen LogP contribution in [0, 0.1) is 0 Å². The monoisotopic (exact) mass is 216 g/mol. The standard InChI is InChI=1S/C7H6O.C6H6O2/c8-6-7-4-2-1-3-5-7;7-5-2-1-3-6(8)4-5/h1-6H;1-4,7-8H. The molecule has 2 rings (SSSR count). The smallest absolute Gasteiger partial charge is 0.150 e. The topological polar surface area (TPSA) is 57.5 Å². The molecule has 0 saturated heterocycles. The van der Waals surface area contributed by atoms with E-state index in [1.54, 1.807) is 18.2 Å². The van der Waals surface area contributed by atoms with Gasteiger partial charge in [-0.15, -0.1) is 0 Å². The molecule has 0 atom stereocenters. The third kappa shape index (κ3) is 4.28. The Morgan fingerprint density at radius 2 is 1.38 bits per heavy atom. The molecule has 0 aliphatic carbocycles. The van der Waals surface area contributed by atoms with Gasteiger partial charge in [-0.3, -0.25) is 4.79 Å². The van der Waals surface area contributed by atoms with Crippen LogP contribution in [0.2, 0.25) is 0 Å². The van der Waals surface area contributed by atoms with Crippen LogP contribution in [0.3, 0.4) is 0 Å². The van der Waals surface area contributed by atoms with Gasteiger partial charge in [-0.25, -0.2) is 0 Å².